The first kappa shape index (κ1) is 22.3. The van der Waals surface area contributed by atoms with Crippen molar-refractivity contribution < 1.29 is 24.2 Å². The number of benzene rings is 2. The van der Waals surface area contributed by atoms with Gasteiger partial charge in [-0.05, 0) is 35.9 Å². The van der Waals surface area contributed by atoms with Crippen molar-refractivity contribution in [3.05, 3.63) is 70.6 Å². The highest BCUT2D eigenvalue weighted by molar-refractivity contribution is 6.30. The predicted octanol–water partition coefficient (Wildman–Crippen LogP) is 3.46. The molecule has 2 heterocycles. The Balaban J connectivity index is 1.56. The molecular weight excluding hydrogens is 437 g/mol. The molecule has 0 saturated carbocycles. The van der Waals surface area contributed by atoms with Gasteiger partial charge in [0.05, 0.1) is 5.52 Å². The second kappa shape index (κ2) is 9.28. The molecule has 1 saturated heterocycles. The van der Waals surface area contributed by atoms with Crippen LogP contribution in [-0.2, 0) is 22.7 Å². The Morgan fingerprint density at radius 2 is 1.81 bits per heavy atom. The Labute approximate surface area is 189 Å². The third kappa shape index (κ3) is 4.77. The van der Waals surface area contributed by atoms with Crippen LogP contribution in [0.5, 0.6) is 0 Å². The molecule has 168 valence electrons. The molecule has 0 spiro atoms. The summed E-state index contributed by atoms with van der Waals surface area (Å²) in [6.45, 7) is 2.77. The van der Waals surface area contributed by atoms with Crippen LogP contribution >= 0.6 is 11.6 Å². The third-order valence-electron chi connectivity index (χ3n) is 5.78. The monoisotopic (exact) mass is 459 g/mol. The van der Waals surface area contributed by atoms with Gasteiger partial charge in [0.1, 0.15) is 18.4 Å². The van der Waals surface area contributed by atoms with E-state index in [1.54, 1.807) is 0 Å². The van der Waals surface area contributed by atoms with E-state index in [1.165, 1.54) is 29.0 Å². The first-order chi connectivity index (χ1) is 15.3. The number of hydrogen-bond donors (Lipinski definition) is 2. The summed E-state index contributed by atoms with van der Waals surface area (Å²) in [5.74, 6) is -2.61. The number of carboxylic acids is 2. The van der Waals surface area contributed by atoms with E-state index in [2.05, 4.69) is 4.90 Å². The summed E-state index contributed by atoms with van der Waals surface area (Å²) in [4.78, 5) is 27.7. The van der Waals surface area contributed by atoms with Gasteiger partial charge in [0.25, 0.3) is 0 Å². The first-order valence-electron chi connectivity index (χ1n) is 10.3. The summed E-state index contributed by atoms with van der Waals surface area (Å²) in [5.41, 5.74) is 1.93. The SMILES string of the molecule is O=C(O)Cn1cc([C@H](C(=O)O)N2CCN(Cc3cccc(Cl)c3)CC2)c2ccc(F)cc21. The molecule has 7 nitrogen and oxygen atoms in total. The van der Waals surface area contributed by atoms with Crippen LogP contribution in [0, 0.1) is 5.82 Å². The Morgan fingerprint density at radius 3 is 2.47 bits per heavy atom. The number of fused-ring (bicyclic) bond motifs is 1. The van der Waals surface area contributed by atoms with Crippen molar-refractivity contribution in [2.45, 2.75) is 19.1 Å². The van der Waals surface area contributed by atoms with Crippen LogP contribution in [0.1, 0.15) is 17.2 Å². The van der Waals surface area contributed by atoms with Crippen LogP contribution in [0.25, 0.3) is 10.9 Å². The van der Waals surface area contributed by atoms with E-state index >= 15 is 0 Å². The van der Waals surface area contributed by atoms with E-state index in [4.69, 9.17) is 11.6 Å². The summed E-state index contributed by atoms with van der Waals surface area (Å²) in [6, 6.07) is 10.7. The summed E-state index contributed by atoms with van der Waals surface area (Å²) in [7, 11) is 0. The van der Waals surface area contributed by atoms with Crippen LogP contribution in [0.2, 0.25) is 5.02 Å². The second-order valence-electron chi connectivity index (χ2n) is 7.95. The molecule has 0 amide bonds. The highest BCUT2D eigenvalue weighted by Crippen LogP contribution is 2.32. The minimum absolute atomic E-state index is 0.369. The second-order valence-corrected chi connectivity index (χ2v) is 8.39. The van der Waals surface area contributed by atoms with E-state index in [1.807, 2.05) is 29.2 Å². The lowest BCUT2D eigenvalue weighted by Gasteiger charge is -2.37. The molecule has 0 bridgehead atoms. The molecule has 2 aromatic carbocycles. The van der Waals surface area contributed by atoms with Crippen molar-refractivity contribution in [3.63, 3.8) is 0 Å². The number of rotatable bonds is 7. The fourth-order valence-electron chi connectivity index (χ4n) is 4.35. The number of carbonyl (C=O) groups is 2. The van der Waals surface area contributed by atoms with Crippen molar-refractivity contribution in [2.24, 2.45) is 0 Å². The maximum absolute atomic E-state index is 13.8. The Kier molecular flexibility index (Phi) is 6.45. The van der Waals surface area contributed by atoms with Crippen LogP contribution in [0.15, 0.2) is 48.7 Å². The molecule has 1 atom stereocenters. The lowest BCUT2D eigenvalue weighted by molar-refractivity contribution is -0.144. The van der Waals surface area contributed by atoms with E-state index in [0.29, 0.717) is 47.7 Å². The molecule has 3 aromatic rings. The van der Waals surface area contributed by atoms with Gasteiger partial charge in [0, 0.05) is 54.9 Å². The highest BCUT2D eigenvalue weighted by atomic mass is 35.5. The summed E-state index contributed by atoms with van der Waals surface area (Å²) >= 11 is 6.07. The van der Waals surface area contributed by atoms with Crippen molar-refractivity contribution in [3.8, 4) is 0 Å². The van der Waals surface area contributed by atoms with Gasteiger partial charge >= 0.3 is 11.9 Å². The first-order valence-corrected chi connectivity index (χ1v) is 10.6. The summed E-state index contributed by atoms with van der Waals surface area (Å²) < 4.78 is 15.2. The molecule has 1 fully saturated rings. The molecule has 0 radical (unpaired) electrons. The average molecular weight is 460 g/mol. The van der Waals surface area contributed by atoms with Gasteiger partial charge in [-0.25, -0.2) is 4.39 Å². The molecular formula is C23H23ClFN3O4. The van der Waals surface area contributed by atoms with Crippen molar-refractivity contribution in [1.82, 2.24) is 14.4 Å². The van der Waals surface area contributed by atoms with Crippen LogP contribution < -0.4 is 0 Å². The molecule has 1 aliphatic heterocycles. The molecule has 1 aliphatic rings. The number of hydrogen-bond acceptors (Lipinski definition) is 4. The number of piperazine rings is 1. The van der Waals surface area contributed by atoms with E-state index < -0.39 is 23.8 Å². The van der Waals surface area contributed by atoms with Gasteiger partial charge in [-0.3, -0.25) is 19.4 Å². The number of halogens is 2. The van der Waals surface area contributed by atoms with Gasteiger partial charge in [-0.1, -0.05) is 23.7 Å². The van der Waals surface area contributed by atoms with Gasteiger partial charge in [-0.2, -0.15) is 0 Å². The zero-order valence-corrected chi connectivity index (χ0v) is 18.0. The Morgan fingerprint density at radius 1 is 1.06 bits per heavy atom. The van der Waals surface area contributed by atoms with Crippen LogP contribution in [-0.4, -0.2) is 62.7 Å². The molecule has 0 aliphatic carbocycles. The lowest BCUT2D eigenvalue weighted by Crippen LogP contribution is -2.48. The van der Waals surface area contributed by atoms with Gasteiger partial charge < -0.3 is 14.8 Å². The summed E-state index contributed by atoms with van der Waals surface area (Å²) in [5, 5.41) is 20.5. The quantitative estimate of drug-likeness (QED) is 0.562. The number of aromatic nitrogens is 1. The van der Waals surface area contributed by atoms with E-state index in [9.17, 15) is 24.2 Å². The molecule has 2 N–H and O–H groups in total. The Hall–Kier alpha value is -2.94. The standard InChI is InChI=1S/C23H23ClFN3O4/c24-16-3-1-2-15(10-16)12-26-6-8-27(9-7-26)22(23(31)32)19-13-28(14-21(29)30)20-11-17(25)4-5-18(19)20/h1-5,10-11,13,22H,6-9,12,14H2,(H,29,30)(H,31,32)/t22-/m1/s1. The van der Waals surface area contributed by atoms with Crippen molar-refractivity contribution in [2.75, 3.05) is 26.2 Å². The maximum Gasteiger partial charge on any atom is 0.325 e. The number of nitrogens with zero attached hydrogens (tertiary/aromatic N) is 3. The molecule has 1 aromatic heterocycles. The van der Waals surface area contributed by atoms with E-state index in [0.717, 1.165) is 12.1 Å². The third-order valence-corrected chi connectivity index (χ3v) is 6.01. The smallest absolute Gasteiger partial charge is 0.325 e. The number of aliphatic carboxylic acids is 2. The maximum atomic E-state index is 13.8. The average Bonchev–Trinajstić information content (AvgIpc) is 3.06. The Bertz CT molecular complexity index is 1160. The van der Waals surface area contributed by atoms with Gasteiger partial charge in [0.15, 0.2) is 0 Å². The van der Waals surface area contributed by atoms with Gasteiger partial charge in [0.2, 0.25) is 0 Å². The largest absolute Gasteiger partial charge is 0.480 e. The van der Waals surface area contributed by atoms with Gasteiger partial charge in [-0.15, -0.1) is 0 Å². The van der Waals surface area contributed by atoms with Crippen LogP contribution in [0.3, 0.4) is 0 Å². The fourth-order valence-corrected chi connectivity index (χ4v) is 4.56. The molecule has 9 heteroatoms. The minimum atomic E-state index is -1.08. The predicted molar refractivity (Wildman–Crippen MR) is 118 cm³/mol. The van der Waals surface area contributed by atoms with Crippen molar-refractivity contribution >= 4 is 34.4 Å². The fraction of sp³-hybridized carbons (Fsp3) is 0.304. The summed E-state index contributed by atoms with van der Waals surface area (Å²) in [6.07, 6.45) is 1.52. The normalized spacial score (nSPS) is 16.3. The molecule has 0 unspecified atom stereocenters. The highest BCUT2D eigenvalue weighted by Gasteiger charge is 2.33. The topological polar surface area (TPSA) is 86.0 Å². The zero-order chi connectivity index (χ0) is 22.8. The lowest BCUT2D eigenvalue weighted by atomic mass is 10.0. The van der Waals surface area contributed by atoms with Crippen molar-refractivity contribution in [1.29, 1.82) is 0 Å². The number of carboxylic acid groups (broad SMARTS) is 2. The zero-order valence-electron chi connectivity index (χ0n) is 17.2. The van der Waals surface area contributed by atoms with Crippen LogP contribution in [0.4, 0.5) is 4.39 Å². The molecule has 4 rings (SSSR count). The van der Waals surface area contributed by atoms with E-state index in [-0.39, 0.29) is 6.54 Å². The molecule has 32 heavy (non-hydrogen) atoms. The minimum Gasteiger partial charge on any atom is -0.480 e.